The highest BCUT2D eigenvalue weighted by Gasteiger charge is 2.08. The molecule has 0 heterocycles. The zero-order valence-corrected chi connectivity index (χ0v) is 15.8. The third-order valence-corrected chi connectivity index (χ3v) is 3.91. The fourth-order valence-electron chi connectivity index (χ4n) is 2.42. The molecule has 0 aliphatic rings. The van der Waals surface area contributed by atoms with Crippen LogP contribution in [-0.4, -0.2) is 51.8 Å². The number of benzene rings is 2. The Bertz CT molecular complexity index is 737. The molecule has 0 saturated carbocycles. The number of halogens is 1. The first-order chi connectivity index (χ1) is 13.0. The molecule has 1 N–H and O–H groups in total. The summed E-state index contributed by atoms with van der Waals surface area (Å²) in [5.41, 5.74) is 0.920. The summed E-state index contributed by atoms with van der Waals surface area (Å²) in [6.07, 6.45) is 0. The molecule has 0 aliphatic carbocycles. The number of nitrogens with one attached hydrogen (secondary N) is 1. The van der Waals surface area contributed by atoms with Gasteiger partial charge in [0.1, 0.15) is 18.2 Å². The number of hydrogen-bond donors (Lipinski definition) is 1. The maximum atomic E-state index is 12.8. The van der Waals surface area contributed by atoms with E-state index in [2.05, 4.69) is 5.32 Å². The summed E-state index contributed by atoms with van der Waals surface area (Å²) in [4.78, 5) is 13.9. The molecule has 0 spiro atoms. The third kappa shape index (κ3) is 6.79. The number of carbonyl (C=O) groups excluding carboxylic acids is 1. The van der Waals surface area contributed by atoms with Crippen LogP contribution in [0.25, 0.3) is 0 Å². The van der Waals surface area contributed by atoms with E-state index in [4.69, 9.17) is 14.2 Å². The number of carbonyl (C=O) groups is 1. The van der Waals surface area contributed by atoms with Gasteiger partial charge in [-0.05, 0) is 49.0 Å². The number of likely N-dealkylation sites (N-methyl/N-ethyl adjacent to an activating group) is 1. The van der Waals surface area contributed by atoms with Crippen LogP contribution in [0.4, 0.5) is 4.39 Å². The van der Waals surface area contributed by atoms with E-state index in [0.717, 1.165) is 5.56 Å². The van der Waals surface area contributed by atoms with Crippen LogP contribution in [0.3, 0.4) is 0 Å². The van der Waals surface area contributed by atoms with Crippen molar-refractivity contribution in [3.8, 4) is 17.2 Å². The summed E-state index contributed by atoms with van der Waals surface area (Å²) in [7, 11) is 4.99. The molecule has 27 heavy (non-hydrogen) atoms. The first kappa shape index (κ1) is 20.5. The summed E-state index contributed by atoms with van der Waals surface area (Å²) >= 11 is 0. The molecule has 0 saturated heterocycles. The van der Waals surface area contributed by atoms with E-state index in [1.54, 1.807) is 32.4 Å². The molecular formula is C20H25FN2O4. The van der Waals surface area contributed by atoms with E-state index >= 15 is 0 Å². The number of methoxy groups -OCH3 is 2. The van der Waals surface area contributed by atoms with Crippen LogP contribution in [0, 0.1) is 5.82 Å². The molecule has 146 valence electrons. The minimum Gasteiger partial charge on any atom is -0.493 e. The standard InChI is InChI=1S/C20H25FN2O4/c1-23(10-11-27-17-7-5-16(21)6-8-17)14-20(24)22-13-15-4-9-18(25-2)19(12-15)26-3/h4-9,12H,10-11,13-14H2,1-3H3,(H,22,24). The Hall–Kier alpha value is -2.80. The molecule has 0 atom stereocenters. The van der Waals surface area contributed by atoms with Crippen molar-refractivity contribution in [3.05, 3.63) is 53.8 Å². The summed E-state index contributed by atoms with van der Waals surface area (Å²) in [6, 6.07) is 11.4. The number of ether oxygens (including phenoxy) is 3. The third-order valence-electron chi connectivity index (χ3n) is 3.91. The SMILES string of the molecule is COc1ccc(CNC(=O)CN(C)CCOc2ccc(F)cc2)cc1OC. The predicted molar refractivity (Wildman–Crippen MR) is 101 cm³/mol. The van der Waals surface area contributed by atoms with Crippen molar-refractivity contribution in [3.63, 3.8) is 0 Å². The van der Waals surface area contributed by atoms with Crippen molar-refractivity contribution >= 4 is 5.91 Å². The second-order valence-corrected chi connectivity index (χ2v) is 6.01. The fraction of sp³-hybridized carbons (Fsp3) is 0.350. The van der Waals surface area contributed by atoms with Crippen LogP contribution in [0.2, 0.25) is 0 Å². The van der Waals surface area contributed by atoms with Crippen molar-refractivity contribution in [2.45, 2.75) is 6.54 Å². The van der Waals surface area contributed by atoms with Gasteiger partial charge >= 0.3 is 0 Å². The summed E-state index contributed by atoms with van der Waals surface area (Å²) in [6.45, 7) is 1.63. The van der Waals surface area contributed by atoms with Crippen molar-refractivity contribution in [2.24, 2.45) is 0 Å². The highest BCUT2D eigenvalue weighted by Crippen LogP contribution is 2.27. The monoisotopic (exact) mass is 376 g/mol. The van der Waals surface area contributed by atoms with Gasteiger partial charge in [0.25, 0.3) is 0 Å². The largest absolute Gasteiger partial charge is 0.493 e. The van der Waals surface area contributed by atoms with Gasteiger partial charge in [-0.2, -0.15) is 0 Å². The maximum Gasteiger partial charge on any atom is 0.234 e. The van der Waals surface area contributed by atoms with Gasteiger partial charge in [0.15, 0.2) is 11.5 Å². The lowest BCUT2D eigenvalue weighted by Gasteiger charge is -2.17. The Morgan fingerprint density at radius 3 is 2.44 bits per heavy atom. The Morgan fingerprint density at radius 2 is 1.78 bits per heavy atom. The molecular weight excluding hydrogens is 351 g/mol. The first-order valence-corrected chi connectivity index (χ1v) is 8.56. The zero-order chi connectivity index (χ0) is 19.6. The normalized spacial score (nSPS) is 10.6. The average Bonchev–Trinajstić information content (AvgIpc) is 2.67. The van der Waals surface area contributed by atoms with Crippen molar-refractivity contribution < 1.29 is 23.4 Å². The topological polar surface area (TPSA) is 60.0 Å². The lowest BCUT2D eigenvalue weighted by atomic mass is 10.2. The van der Waals surface area contributed by atoms with E-state index < -0.39 is 0 Å². The minimum atomic E-state index is -0.300. The number of amides is 1. The van der Waals surface area contributed by atoms with Crippen molar-refractivity contribution in [1.29, 1.82) is 0 Å². The lowest BCUT2D eigenvalue weighted by Crippen LogP contribution is -2.36. The van der Waals surface area contributed by atoms with E-state index in [1.165, 1.54) is 12.1 Å². The van der Waals surface area contributed by atoms with Gasteiger partial charge < -0.3 is 19.5 Å². The highest BCUT2D eigenvalue weighted by atomic mass is 19.1. The summed E-state index contributed by atoms with van der Waals surface area (Å²) in [5, 5.41) is 2.87. The minimum absolute atomic E-state index is 0.0888. The highest BCUT2D eigenvalue weighted by molar-refractivity contribution is 5.78. The second kappa shape index (κ2) is 10.4. The smallest absolute Gasteiger partial charge is 0.234 e. The molecule has 7 heteroatoms. The number of hydrogen-bond acceptors (Lipinski definition) is 5. The lowest BCUT2D eigenvalue weighted by molar-refractivity contribution is -0.122. The Labute approximate surface area is 158 Å². The molecule has 1 amide bonds. The Balaban J connectivity index is 1.70. The first-order valence-electron chi connectivity index (χ1n) is 8.56. The van der Waals surface area contributed by atoms with E-state index in [-0.39, 0.29) is 18.3 Å². The quantitative estimate of drug-likeness (QED) is 0.690. The zero-order valence-electron chi connectivity index (χ0n) is 15.8. The Kier molecular flexibility index (Phi) is 7.88. The van der Waals surface area contributed by atoms with Gasteiger partial charge in [-0.1, -0.05) is 6.07 Å². The van der Waals surface area contributed by atoms with Crippen LogP contribution in [0.15, 0.2) is 42.5 Å². The van der Waals surface area contributed by atoms with E-state index in [9.17, 15) is 9.18 Å². The van der Waals surface area contributed by atoms with Crippen molar-refractivity contribution in [2.75, 3.05) is 41.0 Å². The van der Waals surface area contributed by atoms with Gasteiger partial charge in [-0.25, -0.2) is 4.39 Å². The van der Waals surface area contributed by atoms with Crippen LogP contribution in [0.1, 0.15) is 5.56 Å². The van der Waals surface area contributed by atoms with Gasteiger partial charge in [-0.3, -0.25) is 9.69 Å². The molecule has 2 aromatic rings. The van der Waals surface area contributed by atoms with Crippen LogP contribution >= 0.6 is 0 Å². The Morgan fingerprint density at radius 1 is 1.07 bits per heavy atom. The summed E-state index contributed by atoms with van der Waals surface area (Å²) < 4.78 is 28.8. The molecule has 0 unspecified atom stereocenters. The summed E-state index contributed by atoms with van der Waals surface area (Å²) in [5.74, 6) is 1.48. The van der Waals surface area contributed by atoms with Crippen LogP contribution in [-0.2, 0) is 11.3 Å². The molecule has 2 aromatic carbocycles. The van der Waals surface area contributed by atoms with E-state index in [0.29, 0.717) is 36.9 Å². The molecule has 6 nitrogen and oxygen atoms in total. The fourth-order valence-corrected chi connectivity index (χ4v) is 2.42. The molecule has 0 aromatic heterocycles. The van der Waals surface area contributed by atoms with Crippen molar-refractivity contribution in [1.82, 2.24) is 10.2 Å². The molecule has 0 bridgehead atoms. The van der Waals surface area contributed by atoms with Gasteiger partial charge in [0.2, 0.25) is 5.91 Å². The molecule has 2 rings (SSSR count). The predicted octanol–water partition coefficient (Wildman–Crippen LogP) is 2.47. The second-order valence-electron chi connectivity index (χ2n) is 6.01. The average molecular weight is 376 g/mol. The molecule has 0 fully saturated rings. The maximum absolute atomic E-state index is 12.8. The number of nitrogens with zero attached hydrogens (tertiary/aromatic N) is 1. The van der Waals surface area contributed by atoms with Crippen LogP contribution < -0.4 is 19.5 Å². The molecule has 0 aliphatic heterocycles. The van der Waals surface area contributed by atoms with Gasteiger partial charge in [0.05, 0.1) is 20.8 Å². The van der Waals surface area contributed by atoms with Gasteiger partial charge in [-0.15, -0.1) is 0 Å². The molecule has 0 radical (unpaired) electrons. The number of rotatable bonds is 10. The van der Waals surface area contributed by atoms with Gasteiger partial charge in [0, 0.05) is 13.1 Å². The van der Waals surface area contributed by atoms with E-state index in [1.807, 2.05) is 24.1 Å². The van der Waals surface area contributed by atoms with Crippen LogP contribution in [0.5, 0.6) is 17.2 Å².